The molecule has 6 nitrogen and oxygen atoms in total. The van der Waals surface area contributed by atoms with E-state index in [2.05, 4.69) is 5.32 Å². The fourth-order valence-corrected chi connectivity index (χ4v) is 2.76. The van der Waals surface area contributed by atoms with E-state index in [4.69, 9.17) is 9.15 Å². The molecule has 0 aliphatic carbocycles. The highest BCUT2D eigenvalue weighted by molar-refractivity contribution is 7.89. The van der Waals surface area contributed by atoms with Crippen molar-refractivity contribution in [1.29, 1.82) is 0 Å². The Hall–Kier alpha value is -0.890. The Kier molecular flexibility index (Phi) is 5.33. The van der Waals surface area contributed by atoms with Crippen LogP contribution in [-0.4, -0.2) is 46.6 Å². The van der Waals surface area contributed by atoms with Crippen molar-refractivity contribution in [2.75, 3.05) is 27.8 Å². The Balaban J connectivity index is 2.90. The van der Waals surface area contributed by atoms with Crippen molar-refractivity contribution >= 4 is 10.0 Å². The van der Waals surface area contributed by atoms with Crippen LogP contribution < -0.4 is 5.32 Å². The second-order valence-electron chi connectivity index (χ2n) is 4.08. The predicted octanol–water partition coefficient (Wildman–Crippen LogP) is 0.654. The van der Waals surface area contributed by atoms with E-state index >= 15 is 0 Å². The molecule has 1 N–H and O–H groups in total. The Morgan fingerprint density at radius 1 is 1.50 bits per heavy atom. The van der Waals surface area contributed by atoms with Crippen molar-refractivity contribution in [3.05, 3.63) is 17.9 Å². The SMILES string of the molecule is CNCc1ccc(S(=O)(=O)N(C)C(C)COC)o1. The van der Waals surface area contributed by atoms with Crippen molar-refractivity contribution in [2.24, 2.45) is 0 Å². The molecule has 0 saturated carbocycles. The molecule has 0 amide bonds. The van der Waals surface area contributed by atoms with Gasteiger partial charge in [-0.05, 0) is 26.1 Å². The molecule has 1 aromatic heterocycles. The number of hydrogen-bond donors (Lipinski definition) is 1. The maximum Gasteiger partial charge on any atom is 0.276 e. The van der Waals surface area contributed by atoms with Crippen molar-refractivity contribution in [3.8, 4) is 0 Å². The second-order valence-corrected chi connectivity index (χ2v) is 6.01. The average molecular weight is 276 g/mol. The van der Waals surface area contributed by atoms with Gasteiger partial charge in [-0.25, -0.2) is 8.42 Å². The summed E-state index contributed by atoms with van der Waals surface area (Å²) < 4.78 is 36.0. The number of furan rings is 1. The smallest absolute Gasteiger partial charge is 0.276 e. The fraction of sp³-hybridized carbons (Fsp3) is 0.636. The number of likely N-dealkylation sites (N-methyl/N-ethyl adjacent to an activating group) is 1. The van der Waals surface area contributed by atoms with Gasteiger partial charge in [0.1, 0.15) is 5.76 Å². The Morgan fingerprint density at radius 3 is 2.72 bits per heavy atom. The van der Waals surface area contributed by atoms with Crippen LogP contribution in [0.3, 0.4) is 0 Å². The van der Waals surface area contributed by atoms with Gasteiger partial charge in [0.15, 0.2) is 0 Å². The zero-order chi connectivity index (χ0) is 13.8. The summed E-state index contributed by atoms with van der Waals surface area (Å²) in [5.74, 6) is 0.587. The minimum atomic E-state index is -3.60. The summed E-state index contributed by atoms with van der Waals surface area (Å²) in [5.41, 5.74) is 0. The molecule has 0 fully saturated rings. The molecule has 1 unspecified atom stereocenters. The van der Waals surface area contributed by atoms with Gasteiger partial charge in [0, 0.05) is 20.2 Å². The first kappa shape index (κ1) is 15.2. The first-order chi connectivity index (χ1) is 8.43. The van der Waals surface area contributed by atoms with Crippen molar-refractivity contribution in [1.82, 2.24) is 9.62 Å². The van der Waals surface area contributed by atoms with Crippen LogP contribution >= 0.6 is 0 Å². The Bertz CT molecular complexity index is 469. The van der Waals surface area contributed by atoms with Crippen molar-refractivity contribution < 1.29 is 17.6 Å². The largest absolute Gasteiger partial charge is 0.447 e. The molecule has 18 heavy (non-hydrogen) atoms. The van der Waals surface area contributed by atoms with Gasteiger partial charge < -0.3 is 14.5 Å². The zero-order valence-electron chi connectivity index (χ0n) is 11.1. The molecule has 1 aromatic rings. The Labute approximate surface area is 108 Å². The molecule has 1 rings (SSSR count). The molecule has 104 valence electrons. The molecule has 0 radical (unpaired) electrons. The molecular formula is C11H20N2O4S. The lowest BCUT2D eigenvalue weighted by molar-refractivity contribution is 0.148. The molecule has 7 heteroatoms. The third-order valence-electron chi connectivity index (χ3n) is 2.65. The minimum Gasteiger partial charge on any atom is -0.447 e. The maximum atomic E-state index is 12.2. The quantitative estimate of drug-likeness (QED) is 0.792. The lowest BCUT2D eigenvalue weighted by Gasteiger charge is -2.22. The van der Waals surface area contributed by atoms with E-state index in [1.807, 2.05) is 0 Å². The van der Waals surface area contributed by atoms with Gasteiger partial charge in [-0.3, -0.25) is 0 Å². The number of nitrogens with zero attached hydrogens (tertiary/aromatic N) is 1. The monoisotopic (exact) mass is 276 g/mol. The molecule has 0 spiro atoms. The molecule has 0 aliphatic rings. The standard InChI is InChI=1S/C11H20N2O4S/c1-9(8-16-4)13(3)18(14,15)11-6-5-10(17-11)7-12-2/h5-6,9,12H,7-8H2,1-4H3. The lowest BCUT2D eigenvalue weighted by Crippen LogP contribution is -2.37. The van der Waals surface area contributed by atoms with Crippen LogP contribution in [0.1, 0.15) is 12.7 Å². The van der Waals surface area contributed by atoms with E-state index in [1.54, 1.807) is 20.0 Å². The third kappa shape index (κ3) is 3.32. The zero-order valence-corrected chi connectivity index (χ0v) is 12.0. The lowest BCUT2D eigenvalue weighted by atomic mass is 10.4. The number of hydrogen-bond acceptors (Lipinski definition) is 5. The van der Waals surface area contributed by atoms with E-state index in [-0.39, 0.29) is 11.1 Å². The first-order valence-electron chi connectivity index (χ1n) is 5.63. The molecule has 1 heterocycles. The van der Waals surface area contributed by atoms with E-state index < -0.39 is 10.0 Å². The van der Waals surface area contributed by atoms with Crippen LogP contribution in [-0.2, 0) is 21.3 Å². The number of methoxy groups -OCH3 is 1. The molecule has 0 aliphatic heterocycles. The van der Waals surface area contributed by atoms with Crippen LogP contribution in [0.2, 0.25) is 0 Å². The highest BCUT2D eigenvalue weighted by Crippen LogP contribution is 2.19. The maximum absolute atomic E-state index is 12.2. The summed E-state index contributed by atoms with van der Waals surface area (Å²) in [5, 5.41) is 2.86. The summed E-state index contributed by atoms with van der Waals surface area (Å²) in [6.45, 7) is 2.60. The molecule has 1 atom stereocenters. The van der Waals surface area contributed by atoms with Crippen LogP contribution in [0.4, 0.5) is 0 Å². The van der Waals surface area contributed by atoms with E-state index in [0.717, 1.165) is 0 Å². The number of nitrogens with one attached hydrogen (secondary N) is 1. The summed E-state index contributed by atoms with van der Waals surface area (Å²) in [4.78, 5) is 0. The van der Waals surface area contributed by atoms with Gasteiger partial charge in [-0.2, -0.15) is 4.31 Å². The summed E-state index contributed by atoms with van der Waals surface area (Å²) in [6.07, 6.45) is 0. The van der Waals surface area contributed by atoms with E-state index in [0.29, 0.717) is 18.9 Å². The van der Waals surface area contributed by atoms with Gasteiger partial charge in [-0.1, -0.05) is 0 Å². The summed E-state index contributed by atoms with van der Waals surface area (Å²) in [7, 11) is 1.22. The van der Waals surface area contributed by atoms with Crippen LogP contribution in [0.5, 0.6) is 0 Å². The highest BCUT2D eigenvalue weighted by atomic mass is 32.2. The van der Waals surface area contributed by atoms with E-state index in [1.165, 1.54) is 24.5 Å². The third-order valence-corrected chi connectivity index (χ3v) is 4.50. The number of rotatable bonds is 7. The molecule has 0 aromatic carbocycles. The number of sulfonamides is 1. The normalized spacial score (nSPS) is 14.1. The average Bonchev–Trinajstić information content (AvgIpc) is 2.78. The van der Waals surface area contributed by atoms with Gasteiger partial charge in [-0.15, -0.1) is 0 Å². The molecule has 0 saturated heterocycles. The van der Waals surface area contributed by atoms with Crippen molar-refractivity contribution in [2.45, 2.75) is 24.6 Å². The van der Waals surface area contributed by atoms with Crippen LogP contribution in [0.15, 0.2) is 21.6 Å². The predicted molar refractivity (Wildman–Crippen MR) is 67.8 cm³/mol. The summed E-state index contributed by atoms with van der Waals surface area (Å²) in [6, 6.07) is 2.87. The minimum absolute atomic E-state index is 0.0433. The van der Waals surface area contributed by atoms with Crippen LogP contribution in [0.25, 0.3) is 0 Å². The van der Waals surface area contributed by atoms with Gasteiger partial charge >= 0.3 is 0 Å². The van der Waals surface area contributed by atoms with Gasteiger partial charge in [0.05, 0.1) is 13.2 Å². The van der Waals surface area contributed by atoms with Gasteiger partial charge in [0.2, 0.25) is 5.09 Å². The highest BCUT2D eigenvalue weighted by Gasteiger charge is 2.28. The fourth-order valence-electron chi connectivity index (χ4n) is 1.49. The van der Waals surface area contributed by atoms with Crippen LogP contribution in [0, 0.1) is 0 Å². The molecule has 0 bridgehead atoms. The van der Waals surface area contributed by atoms with Crippen molar-refractivity contribution in [3.63, 3.8) is 0 Å². The second kappa shape index (κ2) is 6.33. The van der Waals surface area contributed by atoms with E-state index in [9.17, 15) is 8.42 Å². The Morgan fingerprint density at radius 2 is 2.17 bits per heavy atom. The topological polar surface area (TPSA) is 71.8 Å². The molecular weight excluding hydrogens is 256 g/mol. The summed E-state index contributed by atoms with van der Waals surface area (Å²) >= 11 is 0. The number of ether oxygens (including phenoxy) is 1. The first-order valence-corrected chi connectivity index (χ1v) is 7.07. The van der Waals surface area contributed by atoms with Gasteiger partial charge in [0.25, 0.3) is 10.0 Å².